The third-order valence-electron chi connectivity index (χ3n) is 1.10. The van der Waals surface area contributed by atoms with Crippen LogP contribution in [-0.2, 0) is 14.1 Å². The van der Waals surface area contributed by atoms with Crippen LogP contribution in [0, 0.1) is 5.92 Å². The molecular weight excluding hydrogens is 263 g/mol. The molecule has 0 bridgehead atoms. The van der Waals surface area contributed by atoms with Gasteiger partial charge in [0.05, 0.1) is 12.1 Å². The van der Waals surface area contributed by atoms with Gasteiger partial charge in [-0.25, -0.2) is 0 Å². The van der Waals surface area contributed by atoms with Crippen LogP contribution in [0.1, 0.15) is 13.8 Å². The lowest BCUT2D eigenvalue weighted by Gasteiger charge is -2.13. The molecule has 0 aromatic carbocycles. The third-order valence-corrected chi connectivity index (χ3v) is 2.92. The van der Waals surface area contributed by atoms with Crippen molar-refractivity contribution in [2.45, 2.75) is 18.9 Å². The zero-order valence-corrected chi connectivity index (χ0v) is 9.79. The maximum atomic E-state index is 10.9. The molecular formula is C6H12BrO5P. The van der Waals surface area contributed by atoms with E-state index in [1.54, 1.807) is 13.8 Å². The topological polar surface area (TPSA) is 83.8 Å². The number of esters is 1. The molecule has 0 heterocycles. The minimum absolute atomic E-state index is 0.308. The first kappa shape index (κ1) is 13.1. The summed E-state index contributed by atoms with van der Waals surface area (Å²) in [4.78, 5) is 28.0. The minimum atomic E-state index is -4.13. The summed E-state index contributed by atoms with van der Waals surface area (Å²) in [6, 6.07) is 0. The second kappa shape index (κ2) is 5.10. The first-order chi connectivity index (χ1) is 5.72. The molecule has 0 aromatic rings. The van der Waals surface area contributed by atoms with Gasteiger partial charge in [0.25, 0.3) is 0 Å². The van der Waals surface area contributed by atoms with Gasteiger partial charge < -0.3 is 14.5 Å². The summed E-state index contributed by atoms with van der Waals surface area (Å²) < 4.78 is 15.1. The number of halogens is 1. The van der Waals surface area contributed by atoms with E-state index in [4.69, 9.17) is 9.79 Å². The maximum absolute atomic E-state index is 10.9. The van der Waals surface area contributed by atoms with Crippen LogP contribution in [0.5, 0.6) is 0 Å². The lowest BCUT2D eigenvalue weighted by atomic mass is 10.2. The van der Waals surface area contributed by atoms with E-state index in [1.807, 2.05) is 0 Å². The highest BCUT2D eigenvalue weighted by molar-refractivity contribution is 9.09. The summed E-state index contributed by atoms with van der Waals surface area (Å²) in [6.07, 6.45) is -0.508. The van der Waals surface area contributed by atoms with Crippen molar-refractivity contribution in [3.63, 3.8) is 0 Å². The quantitative estimate of drug-likeness (QED) is 0.455. The standard InChI is InChI=1S/C6H12BrO5P/c1-4(2)6(8)12-5(7)3-13(9,10)11/h4-5H,3H2,1-2H3,(H2,9,10,11). The molecule has 0 saturated heterocycles. The second-order valence-electron chi connectivity index (χ2n) is 2.85. The van der Waals surface area contributed by atoms with Gasteiger partial charge in [0.15, 0.2) is 5.01 Å². The molecule has 1 unspecified atom stereocenters. The fraction of sp³-hybridized carbons (Fsp3) is 0.833. The molecule has 0 aliphatic rings. The summed E-state index contributed by atoms with van der Waals surface area (Å²) in [5.41, 5.74) is 0. The van der Waals surface area contributed by atoms with E-state index in [9.17, 15) is 9.36 Å². The van der Waals surface area contributed by atoms with Crippen LogP contribution in [0.4, 0.5) is 0 Å². The SMILES string of the molecule is CC(C)C(=O)OC(Br)CP(=O)(O)O. The van der Waals surface area contributed by atoms with Gasteiger partial charge in [-0.3, -0.25) is 9.36 Å². The fourth-order valence-electron chi connectivity index (χ4n) is 0.486. The average Bonchev–Trinajstić information content (AvgIpc) is 1.81. The van der Waals surface area contributed by atoms with E-state index in [1.165, 1.54) is 0 Å². The Bertz CT molecular complexity index is 223. The van der Waals surface area contributed by atoms with E-state index in [2.05, 4.69) is 20.7 Å². The monoisotopic (exact) mass is 274 g/mol. The van der Waals surface area contributed by atoms with Crippen molar-refractivity contribution >= 4 is 29.5 Å². The van der Waals surface area contributed by atoms with Gasteiger partial charge in [0.1, 0.15) is 0 Å². The van der Waals surface area contributed by atoms with Crippen LogP contribution < -0.4 is 0 Å². The zero-order valence-electron chi connectivity index (χ0n) is 7.31. The van der Waals surface area contributed by atoms with Crippen molar-refractivity contribution in [3.8, 4) is 0 Å². The largest absolute Gasteiger partial charge is 0.450 e. The van der Waals surface area contributed by atoms with Gasteiger partial charge in [0.2, 0.25) is 0 Å². The molecule has 7 heteroatoms. The Morgan fingerprint density at radius 3 is 2.31 bits per heavy atom. The number of carbonyl (C=O) groups is 1. The lowest BCUT2D eigenvalue weighted by molar-refractivity contribution is -0.147. The van der Waals surface area contributed by atoms with E-state index < -0.39 is 24.7 Å². The van der Waals surface area contributed by atoms with E-state index in [0.29, 0.717) is 0 Å². The first-order valence-electron chi connectivity index (χ1n) is 3.61. The van der Waals surface area contributed by atoms with Crippen LogP contribution in [-0.4, -0.2) is 26.9 Å². The molecule has 2 N–H and O–H groups in total. The van der Waals surface area contributed by atoms with Crippen molar-refractivity contribution in [2.24, 2.45) is 5.92 Å². The second-order valence-corrected chi connectivity index (χ2v) is 5.56. The fourth-order valence-corrected chi connectivity index (χ4v) is 2.25. The predicted octanol–water partition coefficient (Wildman–Crippen LogP) is 1.08. The Morgan fingerprint density at radius 1 is 1.54 bits per heavy atom. The Morgan fingerprint density at radius 2 is 2.00 bits per heavy atom. The molecule has 0 rings (SSSR count). The molecule has 78 valence electrons. The van der Waals surface area contributed by atoms with Crippen molar-refractivity contribution < 1.29 is 23.9 Å². The molecule has 0 fully saturated rings. The van der Waals surface area contributed by atoms with Crippen molar-refractivity contribution in [2.75, 3.05) is 6.16 Å². The van der Waals surface area contributed by atoms with Crippen molar-refractivity contribution in [1.82, 2.24) is 0 Å². The highest BCUT2D eigenvalue weighted by Gasteiger charge is 2.23. The normalized spacial score (nSPS) is 14.3. The molecule has 0 radical (unpaired) electrons. The average molecular weight is 275 g/mol. The van der Waals surface area contributed by atoms with Gasteiger partial charge in [-0.1, -0.05) is 13.8 Å². The number of hydrogen-bond donors (Lipinski definition) is 2. The summed E-state index contributed by atoms with van der Waals surface area (Å²) in [7, 11) is -4.13. The van der Waals surface area contributed by atoms with Gasteiger partial charge in [-0.2, -0.15) is 0 Å². The number of ether oxygens (including phenoxy) is 1. The smallest absolute Gasteiger partial charge is 0.330 e. The molecule has 0 aliphatic carbocycles. The van der Waals surface area contributed by atoms with Gasteiger partial charge in [-0.05, 0) is 15.9 Å². The molecule has 0 aromatic heterocycles. The van der Waals surface area contributed by atoms with Crippen LogP contribution in [0.2, 0.25) is 0 Å². The molecule has 0 spiro atoms. The van der Waals surface area contributed by atoms with Gasteiger partial charge >= 0.3 is 13.6 Å². The Hall–Kier alpha value is 0.1000. The molecule has 1 atom stereocenters. The number of alkyl halides is 1. The Labute approximate surface area is 84.8 Å². The number of hydrogen-bond acceptors (Lipinski definition) is 3. The Balaban J connectivity index is 3.95. The highest BCUT2D eigenvalue weighted by atomic mass is 79.9. The minimum Gasteiger partial charge on any atom is -0.450 e. The molecule has 5 nitrogen and oxygen atoms in total. The predicted molar refractivity (Wildman–Crippen MR) is 50.6 cm³/mol. The van der Waals surface area contributed by atoms with Crippen molar-refractivity contribution in [3.05, 3.63) is 0 Å². The van der Waals surface area contributed by atoms with E-state index in [0.717, 1.165) is 0 Å². The molecule has 0 saturated carbocycles. The van der Waals surface area contributed by atoms with Crippen LogP contribution in [0.25, 0.3) is 0 Å². The van der Waals surface area contributed by atoms with Gasteiger partial charge in [-0.15, -0.1) is 0 Å². The molecule has 0 amide bonds. The molecule has 13 heavy (non-hydrogen) atoms. The van der Waals surface area contributed by atoms with E-state index >= 15 is 0 Å². The number of rotatable bonds is 4. The van der Waals surface area contributed by atoms with E-state index in [-0.39, 0.29) is 5.92 Å². The summed E-state index contributed by atoms with van der Waals surface area (Å²) in [6.45, 7) is 3.28. The zero-order chi connectivity index (χ0) is 10.6. The van der Waals surface area contributed by atoms with Crippen LogP contribution in [0.15, 0.2) is 0 Å². The summed E-state index contributed by atoms with van der Waals surface area (Å²) in [5.74, 6) is -0.799. The van der Waals surface area contributed by atoms with Crippen molar-refractivity contribution in [1.29, 1.82) is 0 Å². The maximum Gasteiger partial charge on any atom is 0.330 e. The van der Waals surface area contributed by atoms with Gasteiger partial charge in [0, 0.05) is 0 Å². The van der Waals surface area contributed by atoms with Crippen LogP contribution in [0.3, 0.4) is 0 Å². The lowest BCUT2D eigenvalue weighted by Crippen LogP contribution is -2.19. The highest BCUT2D eigenvalue weighted by Crippen LogP contribution is 2.37. The number of carbonyl (C=O) groups excluding carboxylic acids is 1. The van der Waals surface area contributed by atoms with Crippen LogP contribution >= 0.6 is 23.5 Å². The third kappa shape index (κ3) is 7.19. The summed E-state index contributed by atoms with van der Waals surface area (Å²) >= 11 is 2.85. The Kier molecular flexibility index (Phi) is 5.14. The first-order valence-corrected chi connectivity index (χ1v) is 6.33. The summed E-state index contributed by atoms with van der Waals surface area (Å²) in [5, 5.41) is -0.928. The molecule has 0 aliphatic heterocycles.